The van der Waals surface area contributed by atoms with Crippen LogP contribution >= 0.6 is 0 Å². The molecule has 0 radical (unpaired) electrons. The Bertz CT molecular complexity index is 410. The number of amides is 2. The van der Waals surface area contributed by atoms with Crippen molar-refractivity contribution >= 4 is 11.8 Å². The summed E-state index contributed by atoms with van der Waals surface area (Å²) < 4.78 is 5.23. The second-order valence-corrected chi connectivity index (χ2v) is 5.24. The molecule has 1 N–H and O–H groups in total. The van der Waals surface area contributed by atoms with E-state index in [9.17, 15) is 14.9 Å². The van der Waals surface area contributed by atoms with Crippen LogP contribution in [0.1, 0.15) is 26.2 Å². The van der Waals surface area contributed by atoms with Crippen LogP contribution in [0.15, 0.2) is 0 Å². The Morgan fingerprint density at radius 2 is 2.11 bits per heavy atom. The second-order valence-electron chi connectivity index (χ2n) is 5.24. The fourth-order valence-corrected chi connectivity index (χ4v) is 2.75. The summed E-state index contributed by atoms with van der Waals surface area (Å²) in [5.74, 6) is -0.188. The molecular formula is C13H19N3O3. The van der Waals surface area contributed by atoms with E-state index in [0.29, 0.717) is 39.1 Å². The number of nitriles is 1. The lowest BCUT2D eigenvalue weighted by Gasteiger charge is -2.33. The molecule has 0 bridgehead atoms. The van der Waals surface area contributed by atoms with Gasteiger partial charge >= 0.3 is 0 Å². The van der Waals surface area contributed by atoms with Gasteiger partial charge in [-0.1, -0.05) is 0 Å². The molecule has 2 saturated heterocycles. The summed E-state index contributed by atoms with van der Waals surface area (Å²) in [7, 11) is 0. The van der Waals surface area contributed by atoms with Gasteiger partial charge in [0.25, 0.3) is 0 Å². The van der Waals surface area contributed by atoms with Crippen molar-refractivity contribution in [3.8, 4) is 6.07 Å². The number of carbonyl (C=O) groups excluding carboxylic acids is 2. The van der Waals surface area contributed by atoms with Crippen molar-refractivity contribution in [1.29, 1.82) is 5.26 Å². The molecule has 1 unspecified atom stereocenters. The van der Waals surface area contributed by atoms with E-state index in [1.54, 1.807) is 4.90 Å². The van der Waals surface area contributed by atoms with Gasteiger partial charge in [-0.3, -0.25) is 9.59 Å². The molecule has 0 aromatic rings. The minimum Gasteiger partial charge on any atom is -0.381 e. The molecule has 6 heteroatoms. The molecule has 2 fully saturated rings. The Balaban J connectivity index is 2.00. The zero-order valence-corrected chi connectivity index (χ0v) is 11.1. The van der Waals surface area contributed by atoms with Gasteiger partial charge in [-0.05, 0) is 19.3 Å². The Kier molecular flexibility index (Phi) is 4.05. The summed E-state index contributed by atoms with van der Waals surface area (Å²) in [5, 5.41) is 12.2. The highest BCUT2D eigenvalue weighted by molar-refractivity contribution is 5.86. The fourth-order valence-electron chi connectivity index (χ4n) is 2.75. The molecule has 2 heterocycles. The SMILES string of the molecule is CC(=O)NC1CCN(C(=O)C2(C#N)CCOCC2)C1. The van der Waals surface area contributed by atoms with E-state index in [2.05, 4.69) is 11.4 Å². The summed E-state index contributed by atoms with van der Waals surface area (Å²) in [6, 6.07) is 2.20. The predicted octanol–water partition coefficient (Wildman–Crippen LogP) is 0.0438. The van der Waals surface area contributed by atoms with Crippen LogP contribution in [0.5, 0.6) is 0 Å². The van der Waals surface area contributed by atoms with Gasteiger partial charge in [-0.2, -0.15) is 5.26 Å². The van der Waals surface area contributed by atoms with Crippen molar-refractivity contribution in [2.45, 2.75) is 32.2 Å². The largest absolute Gasteiger partial charge is 0.381 e. The fraction of sp³-hybridized carbons (Fsp3) is 0.769. The van der Waals surface area contributed by atoms with Crippen LogP contribution in [0.2, 0.25) is 0 Å². The summed E-state index contributed by atoms with van der Waals surface area (Å²) in [4.78, 5) is 25.2. The van der Waals surface area contributed by atoms with E-state index in [0.717, 1.165) is 6.42 Å². The smallest absolute Gasteiger partial charge is 0.243 e. The van der Waals surface area contributed by atoms with Gasteiger partial charge in [-0.15, -0.1) is 0 Å². The van der Waals surface area contributed by atoms with Crippen molar-refractivity contribution in [3.63, 3.8) is 0 Å². The minimum absolute atomic E-state index is 0.0111. The van der Waals surface area contributed by atoms with Crippen LogP contribution in [0.4, 0.5) is 0 Å². The lowest BCUT2D eigenvalue weighted by atomic mass is 9.80. The predicted molar refractivity (Wildman–Crippen MR) is 66.9 cm³/mol. The molecule has 0 spiro atoms. The Hall–Kier alpha value is -1.61. The van der Waals surface area contributed by atoms with Crippen molar-refractivity contribution in [3.05, 3.63) is 0 Å². The molecule has 0 aromatic heterocycles. The monoisotopic (exact) mass is 265 g/mol. The van der Waals surface area contributed by atoms with E-state index >= 15 is 0 Å². The second kappa shape index (κ2) is 5.57. The number of rotatable bonds is 2. The minimum atomic E-state index is -0.927. The maximum absolute atomic E-state index is 12.5. The van der Waals surface area contributed by atoms with Crippen LogP contribution < -0.4 is 5.32 Å². The van der Waals surface area contributed by atoms with Crippen LogP contribution in [-0.2, 0) is 14.3 Å². The normalized spacial score (nSPS) is 25.7. The molecule has 104 valence electrons. The average molecular weight is 265 g/mol. The van der Waals surface area contributed by atoms with Gasteiger partial charge < -0.3 is 15.0 Å². The molecule has 2 aliphatic heterocycles. The molecule has 6 nitrogen and oxygen atoms in total. The van der Waals surface area contributed by atoms with Gasteiger partial charge in [0.05, 0.1) is 6.07 Å². The van der Waals surface area contributed by atoms with Gasteiger partial charge in [0.2, 0.25) is 11.8 Å². The van der Waals surface area contributed by atoms with Crippen molar-refractivity contribution in [1.82, 2.24) is 10.2 Å². The van der Waals surface area contributed by atoms with Crippen molar-refractivity contribution in [2.75, 3.05) is 26.3 Å². The maximum atomic E-state index is 12.5. The zero-order chi connectivity index (χ0) is 13.9. The third-order valence-corrected chi connectivity index (χ3v) is 3.85. The first-order valence-electron chi connectivity index (χ1n) is 6.63. The number of ether oxygens (including phenoxy) is 1. The summed E-state index contributed by atoms with van der Waals surface area (Å²) >= 11 is 0. The lowest BCUT2D eigenvalue weighted by Crippen LogP contribution is -2.46. The summed E-state index contributed by atoms with van der Waals surface area (Å²) in [5.41, 5.74) is -0.927. The summed E-state index contributed by atoms with van der Waals surface area (Å²) in [6.07, 6.45) is 1.68. The quantitative estimate of drug-likeness (QED) is 0.764. The molecule has 0 saturated carbocycles. The van der Waals surface area contributed by atoms with E-state index in [4.69, 9.17) is 4.74 Å². The highest BCUT2D eigenvalue weighted by Crippen LogP contribution is 2.33. The first kappa shape index (κ1) is 13.8. The molecule has 1 atom stereocenters. The summed E-state index contributed by atoms with van der Waals surface area (Å²) in [6.45, 7) is 3.50. The third kappa shape index (κ3) is 2.87. The Labute approximate surface area is 112 Å². The van der Waals surface area contributed by atoms with E-state index in [-0.39, 0.29) is 17.9 Å². The Morgan fingerprint density at radius 1 is 1.42 bits per heavy atom. The number of nitrogens with one attached hydrogen (secondary N) is 1. The van der Waals surface area contributed by atoms with Gasteiger partial charge in [0, 0.05) is 39.3 Å². The zero-order valence-electron chi connectivity index (χ0n) is 11.1. The number of carbonyl (C=O) groups is 2. The van der Waals surface area contributed by atoms with Crippen LogP contribution in [-0.4, -0.2) is 49.1 Å². The van der Waals surface area contributed by atoms with Crippen molar-refractivity contribution in [2.24, 2.45) is 5.41 Å². The molecule has 2 amide bonds. The first-order chi connectivity index (χ1) is 9.07. The average Bonchev–Trinajstić information content (AvgIpc) is 2.86. The number of hydrogen-bond donors (Lipinski definition) is 1. The molecule has 2 aliphatic rings. The molecule has 2 rings (SSSR count). The van der Waals surface area contributed by atoms with Crippen LogP contribution in [0, 0.1) is 16.7 Å². The first-order valence-corrected chi connectivity index (χ1v) is 6.63. The molecular weight excluding hydrogens is 246 g/mol. The lowest BCUT2D eigenvalue weighted by molar-refractivity contribution is -0.142. The highest BCUT2D eigenvalue weighted by atomic mass is 16.5. The standard InChI is InChI=1S/C13H19N3O3/c1-10(17)15-11-2-5-16(8-11)12(18)13(9-14)3-6-19-7-4-13/h11H,2-8H2,1H3,(H,15,17). The maximum Gasteiger partial charge on any atom is 0.243 e. The van der Waals surface area contributed by atoms with E-state index < -0.39 is 5.41 Å². The van der Waals surface area contributed by atoms with E-state index in [1.165, 1.54) is 6.92 Å². The van der Waals surface area contributed by atoms with Gasteiger partial charge in [0.1, 0.15) is 5.41 Å². The van der Waals surface area contributed by atoms with Crippen LogP contribution in [0.25, 0.3) is 0 Å². The number of likely N-dealkylation sites (tertiary alicyclic amines) is 1. The van der Waals surface area contributed by atoms with E-state index in [1.807, 2.05) is 0 Å². The van der Waals surface area contributed by atoms with Gasteiger partial charge in [-0.25, -0.2) is 0 Å². The third-order valence-electron chi connectivity index (χ3n) is 3.85. The molecule has 0 aliphatic carbocycles. The molecule has 19 heavy (non-hydrogen) atoms. The topological polar surface area (TPSA) is 82.4 Å². The highest BCUT2D eigenvalue weighted by Gasteiger charge is 2.44. The van der Waals surface area contributed by atoms with Crippen molar-refractivity contribution < 1.29 is 14.3 Å². The number of hydrogen-bond acceptors (Lipinski definition) is 4. The Morgan fingerprint density at radius 3 is 2.68 bits per heavy atom. The number of nitrogens with zero attached hydrogens (tertiary/aromatic N) is 2. The van der Waals surface area contributed by atoms with Gasteiger partial charge in [0.15, 0.2) is 0 Å². The van der Waals surface area contributed by atoms with Crippen LogP contribution in [0.3, 0.4) is 0 Å². The molecule has 0 aromatic carbocycles.